The first-order valence-corrected chi connectivity index (χ1v) is 9.12. The second-order valence-corrected chi connectivity index (χ2v) is 8.14. The molecule has 1 aliphatic rings. The number of aliphatic carboxylic acids is 1. The molecule has 0 unspecified atom stereocenters. The van der Waals surface area contributed by atoms with Crippen LogP contribution in [-0.2, 0) is 14.8 Å². The van der Waals surface area contributed by atoms with Crippen LogP contribution in [0, 0.1) is 5.92 Å². The van der Waals surface area contributed by atoms with Crippen LogP contribution < -0.4 is 10.5 Å². The number of hydrogen-bond acceptors (Lipinski definition) is 4. The molecule has 0 fully saturated rings. The molecule has 0 bridgehead atoms. The lowest BCUT2D eigenvalue weighted by Gasteiger charge is -2.29. The van der Waals surface area contributed by atoms with Gasteiger partial charge in [0.05, 0.1) is 0 Å². The number of rotatable bonds is 6. The zero-order valence-electron chi connectivity index (χ0n) is 13.6. The van der Waals surface area contributed by atoms with Gasteiger partial charge in [-0.05, 0) is 23.6 Å². The van der Waals surface area contributed by atoms with E-state index in [1.165, 1.54) is 12.2 Å². The van der Waals surface area contributed by atoms with Crippen LogP contribution in [0.3, 0.4) is 0 Å². The zero-order valence-corrected chi connectivity index (χ0v) is 14.4. The molecule has 0 amide bonds. The van der Waals surface area contributed by atoms with Crippen LogP contribution in [0.2, 0.25) is 0 Å². The number of allylic oxidation sites excluding steroid dienone is 2. The van der Waals surface area contributed by atoms with Crippen molar-refractivity contribution in [3.63, 3.8) is 0 Å². The van der Waals surface area contributed by atoms with Gasteiger partial charge < -0.3 is 10.8 Å². The molecule has 1 atom stereocenters. The summed E-state index contributed by atoms with van der Waals surface area (Å²) in [6.45, 7) is 3.25. The highest BCUT2D eigenvalue weighted by Gasteiger charge is 2.40. The Balaban J connectivity index is 2.23. The van der Waals surface area contributed by atoms with Gasteiger partial charge in [-0.15, -0.1) is 0 Å². The van der Waals surface area contributed by atoms with Gasteiger partial charge in [-0.1, -0.05) is 56.3 Å². The maximum atomic E-state index is 12.6. The van der Waals surface area contributed by atoms with Crippen molar-refractivity contribution < 1.29 is 18.3 Å². The van der Waals surface area contributed by atoms with E-state index in [0.717, 1.165) is 5.56 Å². The van der Waals surface area contributed by atoms with Gasteiger partial charge in [0.25, 0.3) is 0 Å². The summed E-state index contributed by atoms with van der Waals surface area (Å²) in [5.74, 6) is -1.71. The number of hydrogen-bond donors (Lipinski definition) is 3. The van der Waals surface area contributed by atoms with Crippen molar-refractivity contribution in [2.45, 2.75) is 30.7 Å². The molecule has 0 saturated heterocycles. The molecule has 1 aromatic rings. The molecule has 0 aromatic heterocycles. The van der Waals surface area contributed by atoms with Crippen LogP contribution in [0.1, 0.15) is 25.3 Å². The lowest BCUT2D eigenvalue weighted by atomic mass is 9.93. The van der Waals surface area contributed by atoms with E-state index in [0.29, 0.717) is 0 Å². The molecule has 0 aliphatic heterocycles. The molecule has 6 nitrogen and oxygen atoms in total. The van der Waals surface area contributed by atoms with E-state index < -0.39 is 32.8 Å². The summed E-state index contributed by atoms with van der Waals surface area (Å²) in [4.78, 5) is 9.46. The smallest absolute Gasteiger partial charge is 0.321 e. The molecule has 0 radical (unpaired) electrons. The van der Waals surface area contributed by atoms with E-state index in [2.05, 4.69) is 4.72 Å². The van der Waals surface area contributed by atoms with Crippen LogP contribution in [0.5, 0.6) is 0 Å². The largest absolute Gasteiger partial charge is 0.480 e. The Morgan fingerprint density at radius 1 is 1.21 bits per heavy atom. The molecule has 0 heterocycles. The van der Waals surface area contributed by atoms with E-state index >= 15 is 0 Å². The summed E-state index contributed by atoms with van der Waals surface area (Å²) in [6.07, 6.45) is 6.21. The molecule has 2 rings (SSSR count). The molecule has 0 saturated carbocycles. The number of nitrogens with one attached hydrogen (secondary N) is 1. The Labute approximate surface area is 142 Å². The van der Waals surface area contributed by atoms with E-state index in [-0.39, 0.29) is 5.92 Å². The first kappa shape index (κ1) is 18.4. The first-order valence-electron chi connectivity index (χ1n) is 7.63. The van der Waals surface area contributed by atoms with Crippen molar-refractivity contribution >= 4 is 16.0 Å². The van der Waals surface area contributed by atoms with Crippen molar-refractivity contribution in [1.82, 2.24) is 4.72 Å². The van der Waals surface area contributed by atoms with Gasteiger partial charge in [0.2, 0.25) is 10.0 Å². The monoisotopic (exact) mass is 350 g/mol. The molecule has 4 N–H and O–H groups in total. The van der Waals surface area contributed by atoms with Crippen LogP contribution in [-0.4, -0.2) is 30.4 Å². The van der Waals surface area contributed by atoms with Gasteiger partial charge in [0.1, 0.15) is 6.04 Å². The van der Waals surface area contributed by atoms with Gasteiger partial charge in [0.15, 0.2) is 4.87 Å². The van der Waals surface area contributed by atoms with Gasteiger partial charge in [-0.2, -0.15) is 4.72 Å². The summed E-state index contributed by atoms with van der Waals surface area (Å²) >= 11 is 0. The fraction of sp³-hybridized carbons (Fsp3) is 0.353. The summed E-state index contributed by atoms with van der Waals surface area (Å²) in [7, 11) is -4.10. The zero-order chi connectivity index (χ0) is 18.0. The summed E-state index contributed by atoms with van der Waals surface area (Å²) in [6, 6.07) is 8.35. The second-order valence-electron chi connectivity index (χ2n) is 6.19. The average molecular weight is 350 g/mol. The number of sulfonamides is 1. The van der Waals surface area contributed by atoms with Crippen molar-refractivity contribution in [3.05, 3.63) is 60.2 Å². The summed E-state index contributed by atoms with van der Waals surface area (Å²) in [5, 5.41) is 9.18. The van der Waals surface area contributed by atoms with E-state index in [4.69, 9.17) is 5.73 Å². The third kappa shape index (κ3) is 3.75. The Kier molecular flexibility index (Phi) is 5.27. The molecule has 0 spiro atoms. The SMILES string of the molecule is CC(C)[C@H](NS(=O)(=O)C1(N)C=CC(c2ccccc2)C=C1)C(=O)O. The second kappa shape index (κ2) is 6.88. The molecule has 1 aromatic carbocycles. The van der Waals surface area contributed by atoms with Gasteiger partial charge in [-0.25, -0.2) is 8.42 Å². The minimum Gasteiger partial charge on any atom is -0.480 e. The maximum absolute atomic E-state index is 12.6. The molecule has 24 heavy (non-hydrogen) atoms. The topological polar surface area (TPSA) is 109 Å². The first-order chi connectivity index (χ1) is 11.2. The highest BCUT2D eigenvalue weighted by molar-refractivity contribution is 7.91. The summed E-state index contributed by atoms with van der Waals surface area (Å²) < 4.78 is 27.3. The molecular weight excluding hydrogens is 328 g/mol. The summed E-state index contributed by atoms with van der Waals surface area (Å²) in [5.41, 5.74) is 7.03. The minimum absolute atomic E-state index is 0.0709. The van der Waals surface area contributed by atoms with Crippen molar-refractivity contribution in [2.24, 2.45) is 11.7 Å². The fourth-order valence-corrected chi connectivity index (χ4v) is 3.87. The predicted octanol–water partition coefficient (Wildman–Crippen LogP) is 1.58. The van der Waals surface area contributed by atoms with Crippen molar-refractivity contribution in [3.8, 4) is 0 Å². The number of carboxylic acid groups (broad SMARTS) is 1. The standard InChI is InChI=1S/C17H22N2O4S/c1-12(2)15(16(20)21)19-24(22,23)17(18)10-8-14(9-11-17)13-6-4-3-5-7-13/h3-12,14-15,19H,18H2,1-2H3,(H,20,21)/t14?,15-,17?/m0/s1. The van der Waals surface area contributed by atoms with E-state index in [1.54, 1.807) is 26.0 Å². The molecule has 1 aliphatic carbocycles. The van der Waals surface area contributed by atoms with Crippen LogP contribution in [0.4, 0.5) is 0 Å². The Morgan fingerprint density at radius 3 is 2.21 bits per heavy atom. The van der Waals surface area contributed by atoms with Crippen LogP contribution >= 0.6 is 0 Å². The molecular formula is C17H22N2O4S. The third-order valence-corrected chi connectivity index (χ3v) is 5.76. The Bertz CT molecular complexity index is 740. The highest BCUT2D eigenvalue weighted by Crippen LogP contribution is 2.28. The van der Waals surface area contributed by atoms with Crippen molar-refractivity contribution in [2.75, 3.05) is 0 Å². The van der Waals surface area contributed by atoms with Gasteiger partial charge in [-0.3, -0.25) is 4.79 Å². The van der Waals surface area contributed by atoms with Gasteiger partial charge >= 0.3 is 5.97 Å². The quantitative estimate of drug-likeness (QED) is 0.675. The minimum atomic E-state index is -4.10. The van der Waals surface area contributed by atoms with E-state index in [9.17, 15) is 18.3 Å². The Morgan fingerprint density at radius 2 is 1.75 bits per heavy atom. The third-order valence-electron chi connectivity index (χ3n) is 3.99. The normalized spacial score (nSPS) is 24.9. The molecule has 130 valence electrons. The van der Waals surface area contributed by atoms with Gasteiger partial charge in [0, 0.05) is 5.92 Å². The van der Waals surface area contributed by atoms with Crippen molar-refractivity contribution in [1.29, 1.82) is 0 Å². The van der Waals surface area contributed by atoms with Crippen LogP contribution in [0.15, 0.2) is 54.6 Å². The number of carboxylic acids is 1. The number of benzene rings is 1. The lowest BCUT2D eigenvalue weighted by molar-refractivity contribution is -0.140. The molecule has 7 heteroatoms. The highest BCUT2D eigenvalue weighted by atomic mass is 32.2. The van der Waals surface area contributed by atoms with Crippen LogP contribution in [0.25, 0.3) is 0 Å². The maximum Gasteiger partial charge on any atom is 0.321 e. The Hall–Kier alpha value is -1.96. The van der Waals surface area contributed by atoms with E-state index in [1.807, 2.05) is 30.3 Å². The predicted molar refractivity (Wildman–Crippen MR) is 92.7 cm³/mol. The lowest BCUT2D eigenvalue weighted by Crippen LogP contribution is -2.56. The fourth-order valence-electron chi connectivity index (χ4n) is 2.45. The average Bonchev–Trinajstić information content (AvgIpc) is 2.53. The number of nitrogens with two attached hydrogens (primary N) is 1. The number of carbonyl (C=O) groups is 1.